The Hall–Kier alpha value is -3.31. The molecule has 0 fully saturated rings. The first-order valence-electron chi connectivity index (χ1n) is 12.8. The molecule has 1 aliphatic heterocycles. The van der Waals surface area contributed by atoms with Crippen LogP contribution in [0.3, 0.4) is 0 Å². The highest BCUT2D eigenvalue weighted by Crippen LogP contribution is 2.34. The first kappa shape index (κ1) is 27.7. The molecule has 3 aromatic carbocycles. The number of carbonyl (C=O) groups is 1. The molecule has 3 aromatic rings. The van der Waals surface area contributed by atoms with Crippen LogP contribution in [0.5, 0.6) is 5.75 Å². The van der Waals surface area contributed by atoms with Crippen molar-refractivity contribution in [3.8, 4) is 16.9 Å². The topological polar surface area (TPSA) is 55.4 Å². The van der Waals surface area contributed by atoms with Gasteiger partial charge in [0.1, 0.15) is 5.75 Å². The predicted molar refractivity (Wildman–Crippen MR) is 147 cm³/mol. The predicted octanol–water partition coefficient (Wildman–Crippen LogP) is 8.43. The number of ether oxygens (including phenoxy) is 1. The quantitative estimate of drug-likeness (QED) is 0.219. The summed E-state index contributed by atoms with van der Waals surface area (Å²) in [6.07, 6.45) is 2.34. The van der Waals surface area contributed by atoms with Crippen LogP contribution in [-0.4, -0.2) is 18.7 Å². The van der Waals surface area contributed by atoms with Gasteiger partial charge in [0.05, 0.1) is 20.0 Å². The molecule has 1 N–H and O–H groups in total. The monoisotopic (exact) mass is 541 g/mol. The van der Waals surface area contributed by atoms with Crippen LogP contribution in [0.4, 0.5) is 18.9 Å². The van der Waals surface area contributed by atoms with Crippen molar-refractivity contribution >= 4 is 25.5 Å². The highest BCUT2D eigenvalue weighted by molar-refractivity contribution is 7.43. The molecule has 0 bridgehead atoms. The van der Waals surface area contributed by atoms with Crippen molar-refractivity contribution in [1.29, 1.82) is 0 Å². The Balaban J connectivity index is 1.45. The lowest BCUT2D eigenvalue weighted by Crippen LogP contribution is -2.15. The van der Waals surface area contributed by atoms with E-state index in [-0.39, 0.29) is 5.91 Å². The van der Waals surface area contributed by atoms with Crippen molar-refractivity contribution in [1.82, 2.24) is 0 Å². The van der Waals surface area contributed by atoms with Crippen LogP contribution >= 0.6 is 7.80 Å². The Bertz CT molecular complexity index is 1320. The molecule has 200 valence electrons. The van der Waals surface area contributed by atoms with Crippen molar-refractivity contribution in [2.45, 2.75) is 44.9 Å². The van der Waals surface area contributed by atoms with Crippen LogP contribution < -0.4 is 10.1 Å². The standard InChI is InChI=1S/C30H31F3NO3P/c1-2-3-4-17-38(36)20-21-5-12-27(13-6-21)34-29(35)24-15-16-37-28-14-9-23(18-25(28)19-24)22-7-10-26(11-8-22)30(31,32)33/h5-14,18-19,38H,2-4,15-17,20H2,1H3,(H,34,35). The summed E-state index contributed by atoms with van der Waals surface area (Å²) >= 11 is 0. The molecule has 8 heteroatoms. The van der Waals surface area contributed by atoms with Crippen molar-refractivity contribution in [2.75, 3.05) is 18.1 Å². The van der Waals surface area contributed by atoms with Crippen LogP contribution in [0.15, 0.2) is 72.3 Å². The molecule has 0 aromatic heterocycles. The third-order valence-electron chi connectivity index (χ3n) is 6.48. The van der Waals surface area contributed by atoms with Gasteiger partial charge < -0.3 is 14.6 Å². The van der Waals surface area contributed by atoms with Gasteiger partial charge in [0, 0.05) is 29.4 Å². The number of unbranched alkanes of at least 4 members (excludes halogenated alkanes) is 2. The summed E-state index contributed by atoms with van der Waals surface area (Å²) in [7, 11) is -1.64. The highest BCUT2D eigenvalue weighted by Gasteiger charge is 2.30. The lowest BCUT2D eigenvalue weighted by atomic mass is 9.99. The van der Waals surface area contributed by atoms with Crippen LogP contribution in [0.1, 0.15) is 49.3 Å². The van der Waals surface area contributed by atoms with Gasteiger partial charge in [-0.15, -0.1) is 0 Å². The minimum atomic E-state index is -4.39. The SMILES string of the molecule is CCCCC[PH](=O)Cc1ccc(NC(=O)C2=Cc3cc(-c4ccc(C(F)(F)F)cc4)ccc3OCC2)cc1. The van der Waals surface area contributed by atoms with Gasteiger partial charge in [-0.2, -0.15) is 13.2 Å². The van der Waals surface area contributed by atoms with Crippen molar-refractivity contribution in [3.63, 3.8) is 0 Å². The number of fused-ring (bicyclic) bond motifs is 1. The molecular formula is C30H31F3NO3P. The van der Waals surface area contributed by atoms with Gasteiger partial charge in [-0.05, 0) is 71.7 Å². The number of amides is 1. The summed E-state index contributed by atoms with van der Waals surface area (Å²) in [4.78, 5) is 13.0. The summed E-state index contributed by atoms with van der Waals surface area (Å²) in [6, 6.07) is 17.8. The van der Waals surface area contributed by atoms with E-state index in [2.05, 4.69) is 12.2 Å². The average Bonchev–Trinajstić information content (AvgIpc) is 3.12. The molecule has 1 amide bonds. The van der Waals surface area contributed by atoms with Gasteiger partial charge >= 0.3 is 6.18 Å². The Kier molecular flexibility index (Phi) is 9.11. The molecule has 4 rings (SSSR count). The van der Waals surface area contributed by atoms with Crippen molar-refractivity contribution in [3.05, 3.63) is 89.0 Å². The Morgan fingerprint density at radius 1 is 0.974 bits per heavy atom. The molecule has 4 nitrogen and oxygen atoms in total. The summed E-state index contributed by atoms with van der Waals surface area (Å²) in [5.41, 5.74) is 3.53. The van der Waals surface area contributed by atoms with E-state index in [1.165, 1.54) is 12.1 Å². The summed E-state index contributed by atoms with van der Waals surface area (Å²) in [6.45, 7) is 2.46. The molecule has 1 aliphatic rings. The summed E-state index contributed by atoms with van der Waals surface area (Å²) in [5, 5.41) is 2.92. The second-order valence-corrected chi connectivity index (χ2v) is 11.4. The maximum Gasteiger partial charge on any atom is 0.416 e. The lowest BCUT2D eigenvalue weighted by Gasteiger charge is -2.10. The van der Waals surface area contributed by atoms with Gasteiger partial charge in [-0.3, -0.25) is 4.79 Å². The largest absolute Gasteiger partial charge is 0.493 e. The van der Waals surface area contributed by atoms with E-state index < -0.39 is 19.5 Å². The second kappa shape index (κ2) is 12.5. The van der Waals surface area contributed by atoms with E-state index in [0.29, 0.717) is 47.3 Å². The molecule has 1 heterocycles. The highest BCUT2D eigenvalue weighted by atomic mass is 31.1. The molecule has 1 atom stereocenters. The average molecular weight is 542 g/mol. The number of halogens is 3. The van der Waals surface area contributed by atoms with E-state index in [1.807, 2.05) is 30.3 Å². The van der Waals surface area contributed by atoms with Crippen LogP contribution in [0, 0.1) is 0 Å². The zero-order chi connectivity index (χ0) is 27.1. The first-order valence-corrected chi connectivity index (χ1v) is 14.6. The second-order valence-electron chi connectivity index (χ2n) is 9.42. The minimum absolute atomic E-state index is 0.248. The number of hydrogen-bond acceptors (Lipinski definition) is 3. The first-order chi connectivity index (χ1) is 18.2. The molecule has 38 heavy (non-hydrogen) atoms. The lowest BCUT2D eigenvalue weighted by molar-refractivity contribution is -0.137. The van der Waals surface area contributed by atoms with Crippen LogP contribution in [0.2, 0.25) is 0 Å². The van der Waals surface area contributed by atoms with E-state index >= 15 is 0 Å². The number of rotatable bonds is 9. The zero-order valence-corrected chi connectivity index (χ0v) is 22.2. The van der Waals surface area contributed by atoms with Gasteiger partial charge in [-0.25, -0.2) is 0 Å². The van der Waals surface area contributed by atoms with Gasteiger partial charge in [0.2, 0.25) is 0 Å². The third-order valence-corrected chi connectivity index (χ3v) is 8.19. The van der Waals surface area contributed by atoms with Crippen LogP contribution in [0.25, 0.3) is 17.2 Å². The van der Waals surface area contributed by atoms with Gasteiger partial charge in [0.15, 0.2) is 0 Å². The summed E-state index contributed by atoms with van der Waals surface area (Å²) in [5.74, 6) is 0.365. The number of hydrogen-bond donors (Lipinski definition) is 1. The molecule has 0 radical (unpaired) electrons. The Morgan fingerprint density at radius 2 is 1.68 bits per heavy atom. The van der Waals surface area contributed by atoms with Crippen LogP contribution in [-0.2, 0) is 21.7 Å². The third kappa shape index (κ3) is 7.38. The fraction of sp³-hybridized carbons (Fsp3) is 0.300. The number of alkyl halides is 3. The smallest absolute Gasteiger partial charge is 0.416 e. The van der Waals surface area contributed by atoms with E-state index in [9.17, 15) is 22.5 Å². The van der Waals surface area contributed by atoms with Gasteiger partial charge in [-0.1, -0.05) is 50.1 Å². The minimum Gasteiger partial charge on any atom is -0.493 e. The number of anilines is 1. The normalized spacial score (nSPS) is 14.1. The zero-order valence-electron chi connectivity index (χ0n) is 21.2. The maximum absolute atomic E-state index is 13.0. The Morgan fingerprint density at radius 3 is 2.37 bits per heavy atom. The van der Waals surface area contributed by atoms with E-state index in [1.54, 1.807) is 18.2 Å². The summed E-state index contributed by atoms with van der Waals surface area (Å²) < 4.78 is 56.9. The number of benzene rings is 3. The molecule has 0 aliphatic carbocycles. The fourth-order valence-corrected chi connectivity index (χ4v) is 5.85. The van der Waals surface area contributed by atoms with E-state index in [0.717, 1.165) is 48.7 Å². The maximum atomic E-state index is 13.0. The molecule has 0 saturated carbocycles. The number of carbonyl (C=O) groups excluding carboxylic acids is 1. The molecule has 1 unspecified atom stereocenters. The molecule has 0 saturated heterocycles. The van der Waals surface area contributed by atoms with E-state index in [4.69, 9.17) is 4.74 Å². The molecule has 0 spiro atoms. The number of nitrogens with one attached hydrogen (secondary N) is 1. The van der Waals surface area contributed by atoms with Crippen molar-refractivity contribution in [2.24, 2.45) is 0 Å². The van der Waals surface area contributed by atoms with Gasteiger partial charge in [0.25, 0.3) is 5.91 Å². The van der Waals surface area contributed by atoms with Crippen molar-refractivity contribution < 1.29 is 27.3 Å². The Labute approximate surface area is 221 Å². The molecular weight excluding hydrogens is 510 g/mol. The fourth-order valence-electron chi connectivity index (χ4n) is 4.34.